The molecule has 4 N–H and O–H groups in total. The van der Waals surface area contributed by atoms with E-state index in [0.717, 1.165) is 0 Å². The number of benzene rings is 1. The molecule has 0 saturated heterocycles. The third-order valence-electron chi connectivity index (χ3n) is 1.51. The zero-order chi connectivity index (χ0) is 9.14. The molecule has 1 aromatic rings. The van der Waals surface area contributed by atoms with Gasteiger partial charge in [0.05, 0.1) is 0 Å². The molecule has 0 aliphatic carbocycles. The summed E-state index contributed by atoms with van der Waals surface area (Å²) >= 11 is 0. The van der Waals surface area contributed by atoms with Crippen molar-refractivity contribution in [1.29, 1.82) is 0 Å². The number of carbonyl (C=O) groups is 1. The molecule has 0 bridgehead atoms. The molecule has 0 aliphatic heterocycles. The lowest BCUT2D eigenvalue weighted by Crippen LogP contribution is -2.28. The zero-order valence-corrected chi connectivity index (χ0v) is 7.55. The number of carbonyl (C=O) groups excluding carboxylic acids is 1. The van der Waals surface area contributed by atoms with Crippen LogP contribution in [0.25, 0.3) is 0 Å². The van der Waals surface area contributed by atoms with Crippen LogP contribution in [0.3, 0.4) is 0 Å². The predicted octanol–water partition coefficient (Wildman–Crippen LogP) is 0.733. The van der Waals surface area contributed by atoms with E-state index in [4.69, 9.17) is 11.5 Å². The first-order valence-corrected chi connectivity index (χ1v) is 3.41. The number of amides is 1. The summed E-state index contributed by atoms with van der Waals surface area (Å²) in [4.78, 5) is 10.6. The minimum atomic E-state index is -0.930. The van der Waals surface area contributed by atoms with E-state index in [1.54, 1.807) is 6.07 Å². The number of halogens is 2. The number of rotatable bonds is 2. The van der Waals surface area contributed by atoms with Crippen molar-refractivity contribution < 1.29 is 9.18 Å². The highest BCUT2D eigenvalue weighted by Gasteiger charge is 2.11. The van der Waals surface area contributed by atoms with Crippen LogP contribution in [0.1, 0.15) is 11.6 Å². The van der Waals surface area contributed by atoms with Gasteiger partial charge in [-0.1, -0.05) is 12.1 Å². The molecule has 1 aromatic carbocycles. The molecular formula is C8H10ClFN2O. The van der Waals surface area contributed by atoms with Crippen LogP contribution in [0, 0.1) is 5.82 Å². The summed E-state index contributed by atoms with van der Waals surface area (Å²) in [6.07, 6.45) is 0. The van der Waals surface area contributed by atoms with Crippen LogP contribution in [0.4, 0.5) is 4.39 Å². The lowest BCUT2D eigenvalue weighted by atomic mass is 10.1. The Morgan fingerprint density at radius 1 is 1.46 bits per heavy atom. The molecule has 0 heterocycles. The maximum absolute atomic E-state index is 12.6. The fourth-order valence-electron chi connectivity index (χ4n) is 0.864. The SMILES string of the molecule is Cl.NC(=O)C(N)c1cccc(F)c1. The first kappa shape index (κ1) is 11.9. The van der Waals surface area contributed by atoms with Crippen LogP contribution >= 0.6 is 12.4 Å². The van der Waals surface area contributed by atoms with Gasteiger partial charge in [-0.2, -0.15) is 0 Å². The Morgan fingerprint density at radius 2 is 2.08 bits per heavy atom. The van der Waals surface area contributed by atoms with Gasteiger partial charge in [0.2, 0.25) is 5.91 Å². The summed E-state index contributed by atoms with van der Waals surface area (Å²) in [7, 11) is 0. The first-order chi connectivity index (χ1) is 5.61. The van der Waals surface area contributed by atoms with Gasteiger partial charge in [-0.15, -0.1) is 12.4 Å². The number of nitrogens with two attached hydrogens (primary N) is 2. The van der Waals surface area contributed by atoms with Crippen LogP contribution < -0.4 is 11.5 Å². The van der Waals surface area contributed by atoms with E-state index in [2.05, 4.69) is 0 Å². The predicted molar refractivity (Wildman–Crippen MR) is 49.8 cm³/mol. The van der Waals surface area contributed by atoms with Gasteiger partial charge in [0.15, 0.2) is 0 Å². The first-order valence-electron chi connectivity index (χ1n) is 3.41. The summed E-state index contributed by atoms with van der Waals surface area (Å²) in [6, 6.07) is 4.57. The minimum absolute atomic E-state index is 0. The fraction of sp³-hybridized carbons (Fsp3) is 0.125. The van der Waals surface area contributed by atoms with E-state index in [-0.39, 0.29) is 12.4 Å². The van der Waals surface area contributed by atoms with Gasteiger partial charge in [-0.3, -0.25) is 4.79 Å². The van der Waals surface area contributed by atoms with E-state index in [1.807, 2.05) is 0 Å². The lowest BCUT2D eigenvalue weighted by molar-refractivity contribution is -0.119. The third kappa shape index (κ3) is 3.01. The summed E-state index contributed by atoms with van der Waals surface area (Å²) in [5, 5.41) is 0. The van der Waals surface area contributed by atoms with Gasteiger partial charge < -0.3 is 11.5 Å². The van der Waals surface area contributed by atoms with Gasteiger partial charge in [0, 0.05) is 0 Å². The minimum Gasteiger partial charge on any atom is -0.368 e. The second-order valence-corrected chi connectivity index (χ2v) is 2.44. The molecule has 0 fully saturated rings. The fourth-order valence-corrected chi connectivity index (χ4v) is 0.864. The molecule has 0 aromatic heterocycles. The summed E-state index contributed by atoms with van der Waals surface area (Å²) in [6.45, 7) is 0. The molecule has 1 atom stereocenters. The van der Waals surface area contributed by atoms with Crippen molar-refractivity contribution in [2.45, 2.75) is 6.04 Å². The third-order valence-corrected chi connectivity index (χ3v) is 1.51. The van der Waals surface area contributed by atoms with Gasteiger partial charge >= 0.3 is 0 Å². The molecule has 72 valence electrons. The van der Waals surface area contributed by atoms with Crippen LogP contribution in [-0.4, -0.2) is 5.91 Å². The highest BCUT2D eigenvalue weighted by molar-refractivity contribution is 5.85. The standard InChI is InChI=1S/C8H9FN2O.ClH/c9-6-3-1-2-5(4-6)7(10)8(11)12;/h1-4,7H,10H2,(H2,11,12);1H. The molecule has 1 rings (SSSR count). The van der Waals surface area contributed by atoms with E-state index < -0.39 is 17.8 Å². The van der Waals surface area contributed by atoms with Crippen molar-refractivity contribution in [3.63, 3.8) is 0 Å². The average molecular weight is 205 g/mol. The smallest absolute Gasteiger partial charge is 0.238 e. The van der Waals surface area contributed by atoms with E-state index in [0.29, 0.717) is 5.56 Å². The summed E-state index contributed by atoms with van der Waals surface area (Å²) in [5.41, 5.74) is 10.7. The number of hydrogen-bond acceptors (Lipinski definition) is 2. The highest BCUT2D eigenvalue weighted by Crippen LogP contribution is 2.10. The second-order valence-electron chi connectivity index (χ2n) is 2.44. The second kappa shape index (κ2) is 4.79. The molecule has 1 amide bonds. The maximum atomic E-state index is 12.6. The van der Waals surface area contributed by atoms with Gasteiger partial charge in [-0.25, -0.2) is 4.39 Å². The quantitative estimate of drug-likeness (QED) is 0.746. The Kier molecular flexibility index (Phi) is 4.37. The van der Waals surface area contributed by atoms with E-state index >= 15 is 0 Å². The van der Waals surface area contributed by atoms with Crippen molar-refractivity contribution in [1.82, 2.24) is 0 Å². The van der Waals surface area contributed by atoms with Gasteiger partial charge in [0.1, 0.15) is 11.9 Å². The van der Waals surface area contributed by atoms with Crippen molar-refractivity contribution in [3.05, 3.63) is 35.6 Å². The number of hydrogen-bond donors (Lipinski definition) is 2. The van der Waals surface area contributed by atoms with E-state index in [9.17, 15) is 9.18 Å². The molecule has 0 saturated carbocycles. The molecule has 1 unspecified atom stereocenters. The Hall–Kier alpha value is -1.13. The zero-order valence-electron chi connectivity index (χ0n) is 6.74. The molecule has 0 radical (unpaired) electrons. The Balaban J connectivity index is 0.00000144. The van der Waals surface area contributed by atoms with Crippen LogP contribution in [0.5, 0.6) is 0 Å². The monoisotopic (exact) mass is 204 g/mol. The number of primary amides is 1. The molecule has 0 aliphatic rings. The Bertz CT molecular complexity index is 306. The van der Waals surface area contributed by atoms with Crippen molar-refractivity contribution in [2.24, 2.45) is 11.5 Å². The lowest BCUT2D eigenvalue weighted by Gasteiger charge is -2.06. The Labute approximate surface area is 81.3 Å². The van der Waals surface area contributed by atoms with Crippen LogP contribution in [-0.2, 0) is 4.79 Å². The Morgan fingerprint density at radius 3 is 2.54 bits per heavy atom. The molecule has 5 heteroatoms. The topological polar surface area (TPSA) is 69.1 Å². The normalized spacial score (nSPS) is 11.5. The van der Waals surface area contributed by atoms with Gasteiger partial charge in [-0.05, 0) is 17.7 Å². The summed E-state index contributed by atoms with van der Waals surface area (Å²) < 4.78 is 12.6. The molecular weight excluding hydrogens is 195 g/mol. The highest BCUT2D eigenvalue weighted by atomic mass is 35.5. The molecule has 0 spiro atoms. The summed E-state index contributed by atoms with van der Waals surface area (Å²) in [5.74, 6) is -1.09. The largest absolute Gasteiger partial charge is 0.368 e. The molecule has 13 heavy (non-hydrogen) atoms. The average Bonchev–Trinajstić information content (AvgIpc) is 2.03. The van der Waals surface area contributed by atoms with Crippen molar-refractivity contribution in [2.75, 3.05) is 0 Å². The maximum Gasteiger partial charge on any atom is 0.238 e. The van der Waals surface area contributed by atoms with Gasteiger partial charge in [0.25, 0.3) is 0 Å². The van der Waals surface area contributed by atoms with Crippen LogP contribution in [0.2, 0.25) is 0 Å². The van der Waals surface area contributed by atoms with E-state index in [1.165, 1.54) is 18.2 Å². The van der Waals surface area contributed by atoms with Crippen molar-refractivity contribution >= 4 is 18.3 Å². The van der Waals surface area contributed by atoms with Crippen molar-refractivity contribution in [3.8, 4) is 0 Å². The van der Waals surface area contributed by atoms with Crippen LogP contribution in [0.15, 0.2) is 24.3 Å². The molecule has 3 nitrogen and oxygen atoms in total.